The van der Waals surface area contributed by atoms with Gasteiger partial charge in [0.25, 0.3) is 0 Å². The molecule has 0 bridgehead atoms. The largest absolute Gasteiger partial charge is 0.416 e. The third-order valence-electron chi connectivity index (χ3n) is 7.56. The second-order valence-corrected chi connectivity index (χ2v) is 12.8. The van der Waals surface area contributed by atoms with Crippen molar-refractivity contribution in [2.75, 3.05) is 17.1 Å². The van der Waals surface area contributed by atoms with Crippen molar-refractivity contribution in [3.8, 4) is 0 Å². The van der Waals surface area contributed by atoms with Gasteiger partial charge in [-0.2, -0.15) is 13.2 Å². The van der Waals surface area contributed by atoms with Crippen molar-refractivity contribution < 1.29 is 31.2 Å². The summed E-state index contributed by atoms with van der Waals surface area (Å²) in [5.74, 6) is -1.07. The maximum atomic E-state index is 14.1. The lowest BCUT2D eigenvalue weighted by molar-refractivity contribution is -0.140. The summed E-state index contributed by atoms with van der Waals surface area (Å²) >= 11 is 0. The Balaban J connectivity index is 1.72. The van der Waals surface area contributed by atoms with E-state index in [1.807, 2.05) is 36.4 Å². The van der Waals surface area contributed by atoms with Gasteiger partial charge < -0.3 is 10.2 Å². The SMILES string of the molecule is CS(=O)(=O)N(CC(=O)N(Cc1ccccc1)[C@H](Cc1ccccc1)C(=O)NC1CCCCC1)c1cccc(C(F)(F)F)c1. The van der Waals surface area contributed by atoms with E-state index < -0.39 is 40.3 Å². The van der Waals surface area contributed by atoms with Gasteiger partial charge in [-0.25, -0.2) is 8.42 Å². The smallest absolute Gasteiger partial charge is 0.352 e. The van der Waals surface area contributed by atoms with Crippen LogP contribution in [0.15, 0.2) is 84.9 Å². The Hall–Kier alpha value is -3.86. The molecular formula is C32H36F3N3O4S. The molecule has 2 amide bonds. The fourth-order valence-electron chi connectivity index (χ4n) is 5.33. The Morgan fingerprint density at radius 1 is 0.884 bits per heavy atom. The molecule has 1 aliphatic rings. The number of nitrogens with zero attached hydrogens (tertiary/aromatic N) is 2. The summed E-state index contributed by atoms with van der Waals surface area (Å²) < 4.78 is 66.8. The van der Waals surface area contributed by atoms with Crippen molar-refractivity contribution in [1.82, 2.24) is 10.2 Å². The van der Waals surface area contributed by atoms with E-state index in [1.54, 1.807) is 24.3 Å². The van der Waals surface area contributed by atoms with E-state index in [0.29, 0.717) is 15.9 Å². The minimum Gasteiger partial charge on any atom is -0.352 e. The van der Waals surface area contributed by atoms with E-state index in [2.05, 4.69) is 5.32 Å². The number of hydrogen-bond donors (Lipinski definition) is 1. The van der Waals surface area contributed by atoms with Crippen LogP contribution in [0.1, 0.15) is 48.8 Å². The first-order chi connectivity index (χ1) is 20.4. The van der Waals surface area contributed by atoms with Crippen molar-refractivity contribution in [2.24, 2.45) is 0 Å². The number of nitrogens with one attached hydrogen (secondary N) is 1. The molecule has 0 unspecified atom stereocenters. The molecule has 3 aromatic rings. The Kier molecular flexibility index (Phi) is 10.5. The molecule has 7 nitrogen and oxygen atoms in total. The number of rotatable bonds is 11. The second-order valence-electron chi connectivity index (χ2n) is 10.9. The van der Waals surface area contributed by atoms with Gasteiger partial charge in [0.05, 0.1) is 17.5 Å². The van der Waals surface area contributed by atoms with E-state index in [0.717, 1.165) is 56.1 Å². The summed E-state index contributed by atoms with van der Waals surface area (Å²) in [6.07, 6.45) is 1.01. The number of carbonyl (C=O) groups excluding carboxylic acids is 2. The molecule has 230 valence electrons. The van der Waals surface area contributed by atoms with E-state index in [4.69, 9.17) is 0 Å². The van der Waals surface area contributed by atoms with Gasteiger partial charge in [-0.3, -0.25) is 13.9 Å². The van der Waals surface area contributed by atoms with Gasteiger partial charge in [0.2, 0.25) is 21.8 Å². The van der Waals surface area contributed by atoms with Gasteiger partial charge in [0.15, 0.2) is 0 Å². The Labute approximate surface area is 250 Å². The van der Waals surface area contributed by atoms with Gasteiger partial charge in [0.1, 0.15) is 12.6 Å². The number of halogens is 3. The van der Waals surface area contributed by atoms with Crippen molar-refractivity contribution in [3.63, 3.8) is 0 Å². The molecule has 0 radical (unpaired) electrons. The van der Waals surface area contributed by atoms with Crippen molar-refractivity contribution in [1.29, 1.82) is 0 Å². The highest BCUT2D eigenvalue weighted by atomic mass is 32.2. The highest BCUT2D eigenvalue weighted by Crippen LogP contribution is 2.32. The highest BCUT2D eigenvalue weighted by molar-refractivity contribution is 7.92. The average molecular weight is 616 g/mol. The molecule has 0 heterocycles. The second kappa shape index (κ2) is 14.1. The van der Waals surface area contributed by atoms with E-state index in [9.17, 15) is 31.2 Å². The Morgan fingerprint density at radius 3 is 2.07 bits per heavy atom. The molecule has 11 heteroatoms. The molecule has 1 atom stereocenters. The Bertz CT molecular complexity index is 1480. The monoisotopic (exact) mass is 615 g/mol. The quantitative estimate of drug-likeness (QED) is 0.306. The molecule has 0 spiro atoms. The number of amides is 2. The maximum absolute atomic E-state index is 14.1. The van der Waals surface area contributed by atoms with Gasteiger partial charge in [-0.15, -0.1) is 0 Å². The van der Waals surface area contributed by atoms with Crippen LogP contribution in [-0.4, -0.2) is 50.0 Å². The molecule has 1 fully saturated rings. The van der Waals surface area contributed by atoms with Crippen LogP contribution >= 0.6 is 0 Å². The first-order valence-electron chi connectivity index (χ1n) is 14.2. The first kappa shape index (κ1) is 32.1. The molecule has 0 aliphatic heterocycles. The summed E-state index contributed by atoms with van der Waals surface area (Å²) in [5, 5.41) is 3.11. The number of benzene rings is 3. The number of carbonyl (C=O) groups is 2. The van der Waals surface area contributed by atoms with Crippen LogP contribution in [0.4, 0.5) is 18.9 Å². The van der Waals surface area contributed by atoms with Crippen LogP contribution in [0.5, 0.6) is 0 Å². The number of sulfonamides is 1. The van der Waals surface area contributed by atoms with Crippen LogP contribution in [0.25, 0.3) is 0 Å². The molecule has 1 saturated carbocycles. The van der Waals surface area contributed by atoms with E-state index in [1.165, 1.54) is 11.0 Å². The van der Waals surface area contributed by atoms with Crippen LogP contribution in [-0.2, 0) is 38.8 Å². The van der Waals surface area contributed by atoms with Crippen molar-refractivity contribution in [3.05, 3.63) is 102 Å². The minimum absolute atomic E-state index is 0.00451. The predicted octanol–water partition coefficient (Wildman–Crippen LogP) is 5.56. The van der Waals surface area contributed by atoms with Gasteiger partial charge in [-0.05, 0) is 42.2 Å². The standard InChI is InChI=1S/C32H36F3N3O4S/c1-43(41,42)38(28-19-11-16-26(21-28)32(33,34)35)23-30(39)37(22-25-14-7-3-8-15-25)29(20-24-12-5-2-6-13-24)31(40)36-27-17-9-4-10-18-27/h2-3,5-8,11-16,19,21,27,29H,4,9-10,17-18,20,22-23H2,1H3,(H,36,40)/t29-/m1/s1. The molecule has 43 heavy (non-hydrogen) atoms. The maximum Gasteiger partial charge on any atom is 0.416 e. The molecule has 0 aromatic heterocycles. The topological polar surface area (TPSA) is 86.8 Å². The van der Waals surface area contributed by atoms with E-state index >= 15 is 0 Å². The van der Waals surface area contributed by atoms with Gasteiger partial charge in [-0.1, -0.05) is 86.0 Å². The lowest BCUT2D eigenvalue weighted by Crippen LogP contribution is -2.55. The number of anilines is 1. The zero-order chi connectivity index (χ0) is 31.0. The number of alkyl halides is 3. The van der Waals surface area contributed by atoms with Gasteiger partial charge in [0, 0.05) is 19.0 Å². The van der Waals surface area contributed by atoms with Crippen LogP contribution < -0.4 is 9.62 Å². The van der Waals surface area contributed by atoms with Crippen LogP contribution in [0.2, 0.25) is 0 Å². The summed E-state index contributed by atoms with van der Waals surface area (Å²) in [6, 6.07) is 21.0. The lowest BCUT2D eigenvalue weighted by Gasteiger charge is -2.35. The molecule has 1 N–H and O–H groups in total. The third kappa shape index (κ3) is 9.06. The highest BCUT2D eigenvalue weighted by Gasteiger charge is 2.35. The minimum atomic E-state index is -4.71. The fourth-order valence-corrected chi connectivity index (χ4v) is 6.17. The van der Waals surface area contributed by atoms with Crippen molar-refractivity contribution in [2.45, 2.75) is 63.3 Å². The average Bonchev–Trinajstić information content (AvgIpc) is 2.98. The zero-order valence-corrected chi connectivity index (χ0v) is 24.8. The molecule has 0 saturated heterocycles. The molecule has 4 rings (SSSR count). The predicted molar refractivity (Wildman–Crippen MR) is 160 cm³/mol. The summed E-state index contributed by atoms with van der Waals surface area (Å²) in [6.45, 7) is -0.787. The summed E-state index contributed by atoms with van der Waals surface area (Å²) in [4.78, 5) is 29.3. The third-order valence-corrected chi connectivity index (χ3v) is 8.70. The first-order valence-corrected chi connectivity index (χ1v) is 16.1. The zero-order valence-electron chi connectivity index (χ0n) is 24.0. The normalized spacial score (nSPS) is 15.0. The molecule has 1 aliphatic carbocycles. The molecular weight excluding hydrogens is 579 g/mol. The summed E-state index contributed by atoms with van der Waals surface area (Å²) in [7, 11) is -4.19. The van der Waals surface area contributed by atoms with Crippen LogP contribution in [0, 0.1) is 0 Å². The number of hydrogen-bond acceptors (Lipinski definition) is 4. The lowest BCUT2D eigenvalue weighted by atomic mass is 9.94. The fraction of sp³-hybridized carbons (Fsp3) is 0.375. The van der Waals surface area contributed by atoms with Crippen LogP contribution in [0.3, 0.4) is 0 Å². The van der Waals surface area contributed by atoms with Gasteiger partial charge >= 0.3 is 6.18 Å². The van der Waals surface area contributed by atoms with Crippen molar-refractivity contribution >= 4 is 27.5 Å². The summed E-state index contributed by atoms with van der Waals surface area (Å²) in [5.41, 5.74) is 0.178. The van der Waals surface area contributed by atoms with E-state index in [-0.39, 0.29) is 30.6 Å². The Morgan fingerprint density at radius 2 is 1.49 bits per heavy atom. The molecule has 3 aromatic carbocycles.